The predicted octanol–water partition coefficient (Wildman–Crippen LogP) is 5.19. The van der Waals surface area contributed by atoms with Gasteiger partial charge in [-0.25, -0.2) is 0 Å². The van der Waals surface area contributed by atoms with Crippen molar-refractivity contribution in [2.45, 2.75) is 30.7 Å². The molecule has 0 aromatic heterocycles. The Labute approximate surface area is 133 Å². The van der Waals surface area contributed by atoms with E-state index in [2.05, 4.69) is 73.7 Å². The predicted molar refractivity (Wildman–Crippen MR) is 90.0 cm³/mol. The molecule has 0 amide bonds. The van der Waals surface area contributed by atoms with Gasteiger partial charge in [0.05, 0.1) is 0 Å². The Balaban J connectivity index is 2.09. The first kappa shape index (κ1) is 15.4. The van der Waals surface area contributed by atoms with E-state index in [9.17, 15) is 0 Å². The molecule has 0 saturated heterocycles. The average molecular weight is 378 g/mol. The SMILES string of the molecule is CCCC[Te]/C(=C/Cc1ccccc1)c1ccccc1. The molecule has 0 fully saturated rings. The molecule has 0 unspecified atom stereocenters. The van der Waals surface area contributed by atoms with Crippen LogP contribution in [0.2, 0.25) is 4.47 Å². The first-order chi connectivity index (χ1) is 9.90. The molecule has 0 aliphatic carbocycles. The van der Waals surface area contributed by atoms with E-state index < -0.39 is 0 Å². The molecule has 104 valence electrons. The number of benzene rings is 2. The van der Waals surface area contributed by atoms with Crippen molar-refractivity contribution in [1.29, 1.82) is 0 Å². The fraction of sp³-hybridized carbons (Fsp3) is 0.263. The summed E-state index contributed by atoms with van der Waals surface area (Å²) in [6.45, 7) is 2.28. The van der Waals surface area contributed by atoms with Crippen molar-refractivity contribution in [1.82, 2.24) is 0 Å². The van der Waals surface area contributed by atoms with E-state index >= 15 is 0 Å². The van der Waals surface area contributed by atoms with Gasteiger partial charge in [0, 0.05) is 0 Å². The summed E-state index contributed by atoms with van der Waals surface area (Å²) in [5.74, 6) is 0. The summed E-state index contributed by atoms with van der Waals surface area (Å²) in [6.07, 6.45) is 6.20. The molecule has 0 radical (unpaired) electrons. The zero-order valence-electron chi connectivity index (χ0n) is 12.1. The molecule has 0 heterocycles. The van der Waals surface area contributed by atoms with Crippen molar-refractivity contribution in [2.75, 3.05) is 0 Å². The third kappa shape index (κ3) is 5.16. The van der Waals surface area contributed by atoms with Crippen molar-refractivity contribution >= 4 is 24.5 Å². The van der Waals surface area contributed by atoms with Crippen molar-refractivity contribution < 1.29 is 0 Å². The van der Waals surface area contributed by atoms with Gasteiger partial charge in [-0.05, 0) is 0 Å². The van der Waals surface area contributed by atoms with Crippen LogP contribution in [0.1, 0.15) is 30.9 Å². The Hall–Kier alpha value is -1.03. The van der Waals surface area contributed by atoms with Gasteiger partial charge in [0.15, 0.2) is 0 Å². The van der Waals surface area contributed by atoms with E-state index in [0.29, 0.717) is 0 Å². The van der Waals surface area contributed by atoms with Crippen molar-refractivity contribution in [2.24, 2.45) is 0 Å². The standard InChI is InChI=1S/C19H22Te/c1-2-3-16-20-19(18-12-8-5-9-13-18)15-14-17-10-6-4-7-11-17/h4-13,15H,2-3,14,16H2,1H3/b19-15+. The monoisotopic (exact) mass is 380 g/mol. The van der Waals surface area contributed by atoms with Crippen molar-refractivity contribution in [3.63, 3.8) is 0 Å². The Bertz CT molecular complexity index is 514. The number of hydrogen-bond acceptors (Lipinski definition) is 0. The summed E-state index contributed by atoms with van der Waals surface area (Å²) in [6, 6.07) is 21.7. The third-order valence-electron chi connectivity index (χ3n) is 3.18. The van der Waals surface area contributed by atoms with Gasteiger partial charge >= 0.3 is 133 Å². The molecule has 0 aliphatic heterocycles. The second-order valence-electron chi connectivity index (χ2n) is 4.83. The van der Waals surface area contributed by atoms with Gasteiger partial charge in [-0.1, -0.05) is 0 Å². The summed E-state index contributed by atoms with van der Waals surface area (Å²) in [5.41, 5.74) is 2.84. The molecule has 20 heavy (non-hydrogen) atoms. The fourth-order valence-corrected chi connectivity index (χ4v) is 5.32. The molecule has 0 nitrogen and oxygen atoms in total. The Morgan fingerprint density at radius 3 is 2.25 bits per heavy atom. The van der Waals surface area contributed by atoms with E-state index in [1.165, 1.54) is 28.4 Å². The van der Waals surface area contributed by atoms with E-state index in [4.69, 9.17) is 0 Å². The molecule has 0 N–H and O–H groups in total. The third-order valence-corrected chi connectivity index (χ3v) is 6.62. The number of rotatable bonds is 7. The van der Waals surface area contributed by atoms with Crippen molar-refractivity contribution in [3.05, 3.63) is 77.9 Å². The second-order valence-corrected chi connectivity index (χ2v) is 8.07. The topological polar surface area (TPSA) is 0 Å². The van der Waals surface area contributed by atoms with E-state index in [-0.39, 0.29) is 20.9 Å². The van der Waals surface area contributed by atoms with E-state index in [0.717, 1.165) is 6.42 Å². The Morgan fingerprint density at radius 1 is 0.950 bits per heavy atom. The second kappa shape index (κ2) is 9.01. The summed E-state index contributed by atoms with van der Waals surface area (Å²) >= 11 is -0.0540. The van der Waals surface area contributed by atoms with Crippen LogP contribution >= 0.6 is 0 Å². The molecule has 0 atom stereocenters. The number of hydrogen-bond donors (Lipinski definition) is 0. The molecule has 0 saturated carbocycles. The van der Waals surface area contributed by atoms with Crippen LogP contribution in [0.3, 0.4) is 0 Å². The number of allylic oxidation sites excluding steroid dienone is 1. The minimum absolute atomic E-state index is 0.0540. The molecule has 2 aromatic carbocycles. The number of unbranched alkanes of at least 4 members (excludes halogenated alkanes) is 1. The van der Waals surface area contributed by atoms with E-state index in [1.54, 1.807) is 3.62 Å². The summed E-state index contributed by atoms with van der Waals surface area (Å²) < 4.78 is 3.03. The minimum atomic E-state index is -0.0540. The van der Waals surface area contributed by atoms with Gasteiger partial charge in [-0.3, -0.25) is 0 Å². The van der Waals surface area contributed by atoms with E-state index in [1.807, 2.05) is 0 Å². The zero-order chi connectivity index (χ0) is 14.0. The Morgan fingerprint density at radius 2 is 1.60 bits per heavy atom. The average Bonchev–Trinajstić information content (AvgIpc) is 2.52. The van der Waals surface area contributed by atoms with Gasteiger partial charge in [0.1, 0.15) is 0 Å². The van der Waals surface area contributed by atoms with Gasteiger partial charge in [-0.15, -0.1) is 0 Å². The van der Waals surface area contributed by atoms with Crippen LogP contribution in [0.15, 0.2) is 66.7 Å². The van der Waals surface area contributed by atoms with Crippen LogP contribution < -0.4 is 0 Å². The molecule has 2 aromatic rings. The maximum atomic E-state index is 2.46. The van der Waals surface area contributed by atoms with Crippen LogP contribution in [-0.4, -0.2) is 20.9 Å². The van der Waals surface area contributed by atoms with Crippen LogP contribution in [-0.2, 0) is 6.42 Å². The molecular weight excluding hydrogens is 356 g/mol. The first-order valence-corrected chi connectivity index (χ1v) is 10.1. The van der Waals surface area contributed by atoms with Gasteiger partial charge in [-0.2, -0.15) is 0 Å². The quantitative estimate of drug-likeness (QED) is 0.460. The Kier molecular flexibility index (Phi) is 6.92. The van der Waals surface area contributed by atoms with Crippen LogP contribution in [0.5, 0.6) is 0 Å². The first-order valence-electron chi connectivity index (χ1n) is 7.32. The fourth-order valence-electron chi connectivity index (χ4n) is 2.01. The summed E-state index contributed by atoms with van der Waals surface area (Å²) in [7, 11) is 0. The van der Waals surface area contributed by atoms with Crippen LogP contribution in [0.4, 0.5) is 0 Å². The van der Waals surface area contributed by atoms with Gasteiger partial charge < -0.3 is 0 Å². The van der Waals surface area contributed by atoms with Crippen molar-refractivity contribution in [3.8, 4) is 0 Å². The molecular formula is C19H22Te. The summed E-state index contributed by atoms with van der Waals surface area (Å²) in [5, 5.41) is 0. The van der Waals surface area contributed by atoms with Gasteiger partial charge in [0.2, 0.25) is 0 Å². The summed E-state index contributed by atoms with van der Waals surface area (Å²) in [4.78, 5) is 0. The van der Waals surface area contributed by atoms with Gasteiger partial charge in [0.25, 0.3) is 0 Å². The molecule has 0 bridgehead atoms. The zero-order valence-corrected chi connectivity index (χ0v) is 14.4. The molecule has 0 aliphatic rings. The maximum absolute atomic E-state index is 2.46. The normalized spacial score (nSPS) is 11.6. The van der Waals surface area contributed by atoms with Crippen LogP contribution in [0.25, 0.3) is 3.62 Å². The molecule has 2 rings (SSSR count). The van der Waals surface area contributed by atoms with Crippen LogP contribution in [0, 0.1) is 0 Å². The molecule has 1 heteroatoms. The molecule has 0 spiro atoms.